The maximum Gasteiger partial charge on any atom is 0.166 e. The molecular weight excluding hydrogens is 224 g/mol. The molecule has 2 atom stereocenters. The Bertz CT molecular complexity index is 339. The van der Waals surface area contributed by atoms with Crippen LogP contribution >= 0.6 is 11.6 Å². The van der Waals surface area contributed by atoms with E-state index < -0.39 is 22.1 Å². The van der Waals surface area contributed by atoms with Gasteiger partial charge in [0.15, 0.2) is 5.78 Å². The zero-order valence-electron chi connectivity index (χ0n) is 7.18. The predicted octanol–water partition coefficient (Wildman–Crippen LogP) is 1.41. The van der Waals surface area contributed by atoms with Gasteiger partial charge in [0.1, 0.15) is 5.25 Å². The third-order valence-electron chi connectivity index (χ3n) is 1.72. The monoisotopic (exact) mass is 231 g/mol. The molecule has 3 nitrogen and oxygen atoms in total. The minimum atomic E-state index is -2.47. The average molecular weight is 232 g/mol. The van der Waals surface area contributed by atoms with Crippen molar-refractivity contribution < 1.29 is 13.6 Å². The Morgan fingerprint density at radius 2 is 2.00 bits per heavy atom. The third kappa shape index (κ3) is 2.64. The van der Waals surface area contributed by atoms with Gasteiger partial charge in [-0.25, -0.2) is 0 Å². The van der Waals surface area contributed by atoms with Crippen LogP contribution in [0.5, 0.6) is 0 Å². The second kappa shape index (κ2) is 5.24. The predicted molar refractivity (Wildman–Crippen MR) is 53.8 cm³/mol. The lowest BCUT2D eigenvalue weighted by Gasteiger charge is -2.17. The van der Waals surface area contributed by atoms with Crippen molar-refractivity contribution in [3.63, 3.8) is 0 Å². The standard InChI is InChI=1S/C9H9ClO3S/c10-6-8(11)9(14(12)13)7-4-2-1-3-5-7/h1-5,9H,6H2,(H,12,13)/p-1. The number of rotatable bonds is 4. The summed E-state index contributed by atoms with van der Waals surface area (Å²) in [6.45, 7) is 0. The molecule has 0 saturated carbocycles. The van der Waals surface area contributed by atoms with Gasteiger partial charge in [-0.3, -0.25) is 9.00 Å². The molecule has 0 saturated heterocycles. The lowest BCUT2D eigenvalue weighted by atomic mass is 10.1. The molecule has 2 unspecified atom stereocenters. The van der Waals surface area contributed by atoms with Crippen LogP contribution in [0.3, 0.4) is 0 Å². The van der Waals surface area contributed by atoms with Crippen molar-refractivity contribution in [1.29, 1.82) is 0 Å². The van der Waals surface area contributed by atoms with Crippen molar-refractivity contribution in [1.82, 2.24) is 0 Å². The van der Waals surface area contributed by atoms with E-state index in [1.54, 1.807) is 30.3 Å². The van der Waals surface area contributed by atoms with Gasteiger partial charge in [-0.15, -0.1) is 11.6 Å². The molecule has 0 heterocycles. The van der Waals surface area contributed by atoms with Gasteiger partial charge in [0, 0.05) is 0 Å². The normalized spacial score (nSPS) is 14.7. The van der Waals surface area contributed by atoms with Crippen molar-refractivity contribution in [2.24, 2.45) is 0 Å². The van der Waals surface area contributed by atoms with E-state index >= 15 is 0 Å². The van der Waals surface area contributed by atoms with Gasteiger partial charge in [0.2, 0.25) is 0 Å². The van der Waals surface area contributed by atoms with Gasteiger partial charge >= 0.3 is 0 Å². The molecule has 0 aliphatic rings. The number of ketones is 1. The number of alkyl halides is 1. The maximum absolute atomic E-state index is 11.2. The molecule has 0 bridgehead atoms. The number of halogens is 1. The molecule has 1 aromatic rings. The molecule has 0 radical (unpaired) electrons. The van der Waals surface area contributed by atoms with Crippen LogP contribution in [-0.2, 0) is 15.9 Å². The van der Waals surface area contributed by atoms with Crippen LogP contribution in [0.15, 0.2) is 30.3 Å². The Morgan fingerprint density at radius 3 is 2.43 bits per heavy atom. The summed E-state index contributed by atoms with van der Waals surface area (Å²) in [5.41, 5.74) is 0.450. The first-order valence-electron chi connectivity index (χ1n) is 3.88. The SMILES string of the molecule is O=C(CCl)C(c1ccccc1)S(=O)[O-]. The molecule has 0 fully saturated rings. The second-order valence-corrected chi connectivity index (χ2v) is 3.91. The summed E-state index contributed by atoms with van der Waals surface area (Å²) in [5.74, 6) is -0.806. The van der Waals surface area contributed by atoms with Crippen molar-refractivity contribution in [3.8, 4) is 0 Å². The van der Waals surface area contributed by atoms with Crippen LogP contribution in [0, 0.1) is 0 Å². The summed E-state index contributed by atoms with van der Waals surface area (Å²) >= 11 is 2.85. The fraction of sp³-hybridized carbons (Fsp3) is 0.222. The van der Waals surface area contributed by atoms with Gasteiger partial charge in [-0.2, -0.15) is 0 Å². The smallest absolute Gasteiger partial charge is 0.166 e. The lowest BCUT2D eigenvalue weighted by molar-refractivity contribution is -0.116. The molecule has 0 aliphatic heterocycles. The van der Waals surface area contributed by atoms with Crippen molar-refractivity contribution >= 4 is 28.5 Å². The summed E-state index contributed by atoms with van der Waals surface area (Å²) in [7, 11) is 0. The zero-order valence-corrected chi connectivity index (χ0v) is 8.75. The number of hydrogen-bond donors (Lipinski definition) is 0. The van der Waals surface area contributed by atoms with Crippen LogP contribution < -0.4 is 0 Å². The number of hydrogen-bond acceptors (Lipinski definition) is 3. The minimum absolute atomic E-state index is 0.298. The molecule has 1 rings (SSSR count). The van der Waals surface area contributed by atoms with E-state index in [1.165, 1.54) is 0 Å². The van der Waals surface area contributed by atoms with E-state index in [0.717, 1.165) is 0 Å². The van der Waals surface area contributed by atoms with Crippen molar-refractivity contribution in [3.05, 3.63) is 35.9 Å². The summed E-state index contributed by atoms with van der Waals surface area (Å²) < 4.78 is 21.6. The second-order valence-electron chi connectivity index (χ2n) is 2.65. The number of Topliss-reactive ketones (excluding diaryl/α,β-unsaturated/α-hetero) is 1. The van der Waals surface area contributed by atoms with Gasteiger partial charge in [-0.05, 0) is 16.6 Å². The van der Waals surface area contributed by atoms with E-state index in [2.05, 4.69) is 0 Å². The largest absolute Gasteiger partial charge is 0.772 e. The number of carbonyl (C=O) groups is 1. The quantitative estimate of drug-likeness (QED) is 0.582. The highest BCUT2D eigenvalue weighted by atomic mass is 35.5. The van der Waals surface area contributed by atoms with E-state index in [1.807, 2.05) is 0 Å². The van der Waals surface area contributed by atoms with E-state index in [-0.39, 0.29) is 5.88 Å². The summed E-state index contributed by atoms with van der Waals surface area (Å²) in [6.07, 6.45) is 0. The highest BCUT2D eigenvalue weighted by Gasteiger charge is 2.19. The first-order chi connectivity index (χ1) is 6.66. The van der Waals surface area contributed by atoms with Crippen LogP contribution in [0.1, 0.15) is 10.8 Å². The molecule has 0 amide bonds. The van der Waals surface area contributed by atoms with Crippen LogP contribution in [0.25, 0.3) is 0 Å². The van der Waals surface area contributed by atoms with Gasteiger partial charge < -0.3 is 4.55 Å². The maximum atomic E-state index is 11.2. The van der Waals surface area contributed by atoms with E-state index in [4.69, 9.17) is 11.6 Å². The van der Waals surface area contributed by atoms with Crippen molar-refractivity contribution in [2.75, 3.05) is 5.88 Å². The number of carbonyl (C=O) groups excluding carboxylic acids is 1. The van der Waals surface area contributed by atoms with Crippen LogP contribution in [-0.4, -0.2) is 20.4 Å². The highest BCUT2D eigenvalue weighted by molar-refractivity contribution is 7.80. The fourth-order valence-corrected chi connectivity index (χ4v) is 2.03. The Balaban J connectivity index is 3.01. The summed E-state index contributed by atoms with van der Waals surface area (Å²) in [6, 6.07) is 8.28. The zero-order chi connectivity index (χ0) is 10.6. The Kier molecular flexibility index (Phi) is 4.25. The van der Waals surface area contributed by atoms with Crippen molar-refractivity contribution in [2.45, 2.75) is 5.25 Å². The Morgan fingerprint density at radius 1 is 1.43 bits per heavy atom. The van der Waals surface area contributed by atoms with Gasteiger partial charge in [0.25, 0.3) is 0 Å². The summed E-state index contributed by atoms with van der Waals surface area (Å²) in [4.78, 5) is 11.2. The molecule has 0 spiro atoms. The molecule has 14 heavy (non-hydrogen) atoms. The Labute approximate surface area is 89.4 Å². The molecule has 76 valence electrons. The minimum Gasteiger partial charge on any atom is -0.772 e. The summed E-state index contributed by atoms with van der Waals surface area (Å²) in [5, 5.41) is -1.14. The van der Waals surface area contributed by atoms with Crippen LogP contribution in [0.2, 0.25) is 0 Å². The third-order valence-corrected chi connectivity index (χ3v) is 2.90. The lowest BCUT2D eigenvalue weighted by Crippen LogP contribution is -2.18. The molecular formula is C9H8ClO3S-. The molecule has 1 aromatic carbocycles. The van der Waals surface area contributed by atoms with Crippen LogP contribution in [0.4, 0.5) is 0 Å². The first kappa shape index (κ1) is 11.4. The van der Waals surface area contributed by atoms with Gasteiger partial charge in [0.05, 0.1) is 5.88 Å². The first-order valence-corrected chi connectivity index (χ1v) is 5.55. The van der Waals surface area contributed by atoms with Gasteiger partial charge in [-0.1, -0.05) is 30.3 Å². The Hall–Kier alpha value is -0.710. The molecule has 0 aliphatic carbocycles. The fourth-order valence-electron chi connectivity index (χ4n) is 1.10. The topological polar surface area (TPSA) is 57.2 Å². The number of benzene rings is 1. The highest BCUT2D eigenvalue weighted by Crippen LogP contribution is 2.19. The molecule has 0 aromatic heterocycles. The van der Waals surface area contributed by atoms with E-state index in [9.17, 15) is 13.6 Å². The van der Waals surface area contributed by atoms with E-state index in [0.29, 0.717) is 5.56 Å². The molecule has 0 N–H and O–H groups in total. The molecule has 5 heteroatoms. The average Bonchev–Trinajstić information content (AvgIpc) is 2.19.